The molecule has 158 valence electrons. The number of hydrogen-bond donors (Lipinski definition) is 1. The lowest BCUT2D eigenvalue weighted by Crippen LogP contribution is -2.51. The fourth-order valence-corrected chi connectivity index (χ4v) is 4.99. The molecule has 2 aromatic carbocycles. The highest BCUT2D eigenvalue weighted by Gasteiger charge is 2.39. The van der Waals surface area contributed by atoms with Crippen LogP contribution in [0.3, 0.4) is 0 Å². The number of fused-ring (bicyclic) bond motifs is 1. The number of benzene rings is 2. The zero-order chi connectivity index (χ0) is 20.6. The zero-order valence-corrected chi connectivity index (χ0v) is 17.5. The number of rotatable bonds is 4. The van der Waals surface area contributed by atoms with Crippen molar-refractivity contribution in [1.29, 1.82) is 0 Å². The molecule has 6 heteroatoms. The normalized spacial score (nSPS) is 23.8. The predicted octanol–water partition coefficient (Wildman–Crippen LogP) is 3.22. The maximum absolute atomic E-state index is 12.6. The minimum atomic E-state index is -0.422. The van der Waals surface area contributed by atoms with Gasteiger partial charge in [-0.05, 0) is 37.5 Å². The fraction of sp³-hybridized carbons (Fsp3) is 0.458. The van der Waals surface area contributed by atoms with Crippen molar-refractivity contribution in [3.8, 4) is 0 Å². The molecule has 1 aromatic heterocycles. The van der Waals surface area contributed by atoms with Gasteiger partial charge in [0.25, 0.3) is 0 Å². The number of H-pyrrole nitrogens is 1. The molecule has 2 fully saturated rings. The van der Waals surface area contributed by atoms with Crippen LogP contribution >= 0.6 is 0 Å². The van der Waals surface area contributed by atoms with E-state index >= 15 is 0 Å². The number of hydrogen-bond acceptors (Lipinski definition) is 4. The van der Waals surface area contributed by atoms with Crippen LogP contribution in [0, 0.1) is 6.92 Å². The number of piperidine rings is 1. The van der Waals surface area contributed by atoms with Crippen LogP contribution in [-0.2, 0) is 15.1 Å². The second-order valence-electron chi connectivity index (χ2n) is 8.59. The summed E-state index contributed by atoms with van der Waals surface area (Å²) >= 11 is 0. The molecule has 1 unspecified atom stereocenters. The van der Waals surface area contributed by atoms with Crippen molar-refractivity contribution in [3.05, 3.63) is 70.1 Å². The van der Waals surface area contributed by atoms with Gasteiger partial charge < -0.3 is 14.5 Å². The monoisotopic (exact) mass is 407 g/mol. The lowest BCUT2D eigenvalue weighted by atomic mass is 9.90. The Morgan fingerprint density at radius 1 is 1.10 bits per heavy atom. The van der Waals surface area contributed by atoms with Gasteiger partial charge in [-0.3, -0.25) is 9.47 Å². The molecule has 2 saturated heterocycles. The summed E-state index contributed by atoms with van der Waals surface area (Å²) in [5.74, 6) is 0. The third-order valence-electron chi connectivity index (χ3n) is 6.51. The largest absolute Gasteiger partial charge is 0.376 e. The number of para-hydroxylation sites is 2. The van der Waals surface area contributed by atoms with Crippen LogP contribution in [0.25, 0.3) is 11.0 Å². The Morgan fingerprint density at radius 3 is 2.70 bits per heavy atom. The van der Waals surface area contributed by atoms with Gasteiger partial charge in [0, 0.05) is 25.7 Å². The molecular formula is C24H29N3O3. The standard InChI is InChI=1S/C24H29N3O3/c1-18-5-4-6-19(15-18)24(17-29-13-14-30-24)16-26-11-9-20(10-12-26)27-22-8-3-2-7-21(22)25-23(27)28/h2-8,15,20H,9-14,16-17H2,1H3,(H,25,28). The van der Waals surface area contributed by atoms with Gasteiger partial charge in [-0.2, -0.15) is 0 Å². The van der Waals surface area contributed by atoms with Crippen LogP contribution < -0.4 is 5.69 Å². The average molecular weight is 408 g/mol. The molecule has 0 radical (unpaired) electrons. The Hall–Kier alpha value is -2.41. The summed E-state index contributed by atoms with van der Waals surface area (Å²) in [6.07, 6.45) is 1.90. The third-order valence-corrected chi connectivity index (χ3v) is 6.51. The first-order valence-electron chi connectivity index (χ1n) is 10.9. The van der Waals surface area contributed by atoms with E-state index in [2.05, 4.69) is 41.1 Å². The van der Waals surface area contributed by atoms with Gasteiger partial charge in [0.1, 0.15) is 5.60 Å². The van der Waals surface area contributed by atoms with Gasteiger partial charge in [0.2, 0.25) is 0 Å². The molecule has 1 atom stereocenters. The van der Waals surface area contributed by atoms with Crippen molar-refractivity contribution in [2.24, 2.45) is 0 Å². The van der Waals surface area contributed by atoms with Crippen LogP contribution in [-0.4, -0.2) is 53.9 Å². The molecule has 0 spiro atoms. The number of nitrogens with one attached hydrogen (secondary N) is 1. The number of nitrogens with zero attached hydrogens (tertiary/aromatic N) is 2. The highest BCUT2D eigenvalue weighted by Crippen LogP contribution is 2.33. The van der Waals surface area contributed by atoms with Crippen molar-refractivity contribution in [2.45, 2.75) is 31.4 Å². The van der Waals surface area contributed by atoms with Gasteiger partial charge >= 0.3 is 5.69 Å². The van der Waals surface area contributed by atoms with Gasteiger partial charge in [0.05, 0.1) is 30.9 Å². The summed E-state index contributed by atoms with van der Waals surface area (Å²) < 4.78 is 14.2. The molecular weight excluding hydrogens is 378 g/mol. The van der Waals surface area contributed by atoms with Gasteiger partial charge in [-0.15, -0.1) is 0 Å². The number of aryl methyl sites for hydroxylation is 1. The summed E-state index contributed by atoms with van der Waals surface area (Å²) in [6.45, 7) is 6.66. The van der Waals surface area contributed by atoms with Gasteiger partial charge in [0.15, 0.2) is 0 Å². The Labute approximate surface area is 176 Å². The second-order valence-corrected chi connectivity index (χ2v) is 8.59. The SMILES string of the molecule is Cc1cccc(C2(CN3CCC(n4c(=O)[nH]c5ccccc54)CC3)COCCO2)c1. The summed E-state index contributed by atoms with van der Waals surface area (Å²) in [5, 5.41) is 0. The van der Waals surface area contributed by atoms with E-state index in [0.717, 1.165) is 43.5 Å². The maximum atomic E-state index is 12.6. The van der Waals surface area contributed by atoms with Crippen LogP contribution in [0.15, 0.2) is 53.3 Å². The minimum Gasteiger partial charge on any atom is -0.376 e. The minimum absolute atomic E-state index is 0.00473. The van der Waals surface area contributed by atoms with E-state index in [1.807, 2.05) is 28.8 Å². The number of aromatic amines is 1. The number of likely N-dealkylation sites (tertiary alicyclic amines) is 1. The van der Waals surface area contributed by atoms with E-state index in [9.17, 15) is 4.79 Å². The van der Waals surface area contributed by atoms with Crippen molar-refractivity contribution >= 4 is 11.0 Å². The van der Waals surface area contributed by atoms with Crippen molar-refractivity contribution in [3.63, 3.8) is 0 Å². The van der Waals surface area contributed by atoms with E-state index in [-0.39, 0.29) is 11.7 Å². The van der Waals surface area contributed by atoms with Crippen LogP contribution in [0.5, 0.6) is 0 Å². The molecule has 6 nitrogen and oxygen atoms in total. The van der Waals surface area contributed by atoms with Crippen LogP contribution in [0.4, 0.5) is 0 Å². The molecule has 0 saturated carbocycles. The third kappa shape index (κ3) is 3.60. The van der Waals surface area contributed by atoms with Gasteiger partial charge in [-0.1, -0.05) is 42.0 Å². The zero-order valence-electron chi connectivity index (χ0n) is 17.5. The molecule has 2 aliphatic rings. The quantitative estimate of drug-likeness (QED) is 0.722. The molecule has 5 rings (SSSR count). The molecule has 0 amide bonds. The van der Waals surface area contributed by atoms with E-state index in [4.69, 9.17) is 9.47 Å². The lowest BCUT2D eigenvalue weighted by Gasteiger charge is -2.43. The highest BCUT2D eigenvalue weighted by atomic mass is 16.6. The van der Waals surface area contributed by atoms with E-state index < -0.39 is 5.60 Å². The topological polar surface area (TPSA) is 59.5 Å². The Kier molecular flexibility index (Phi) is 5.23. The second kappa shape index (κ2) is 8.02. The van der Waals surface area contributed by atoms with E-state index in [1.54, 1.807) is 0 Å². The predicted molar refractivity (Wildman–Crippen MR) is 117 cm³/mol. The maximum Gasteiger partial charge on any atom is 0.326 e. The molecule has 3 aromatic rings. The van der Waals surface area contributed by atoms with Crippen molar-refractivity contribution < 1.29 is 9.47 Å². The van der Waals surface area contributed by atoms with E-state index in [1.165, 1.54) is 11.1 Å². The summed E-state index contributed by atoms with van der Waals surface area (Å²) in [7, 11) is 0. The molecule has 30 heavy (non-hydrogen) atoms. The molecule has 0 bridgehead atoms. The Morgan fingerprint density at radius 2 is 1.93 bits per heavy atom. The summed E-state index contributed by atoms with van der Waals surface area (Å²) in [4.78, 5) is 18.0. The average Bonchev–Trinajstić information content (AvgIpc) is 3.11. The fourth-order valence-electron chi connectivity index (χ4n) is 4.99. The lowest BCUT2D eigenvalue weighted by molar-refractivity contribution is -0.173. The highest BCUT2D eigenvalue weighted by molar-refractivity contribution is 5.75. The van der Waals surface area contributed by atoms with E-state index in [0.29, 0.717) is 19.8 Å². The van der Waals surface area contributed by atoms with Gasteiger partial charge in [-0.25, -0.2) is 4.79 Å². The molecule has 2 aliphatic heterocycles. The summed E-state index contributed by atoms with van der Waals surface area (Å²) in [6, 6.07) is 16.8. The molecule has 1 N–H and O–H groups in total. The van der Waals surface area contributed by atoms with Crippen molar-refractivity contribution in [1.82, 2.24) is 14.5 Å². The smallest absolute Gasteiger partial charge is 0.326 e. The molecule has 0 aliphatic carbocycles. The first kappa shape index (κ1) is 19.5. The van der Waals surface area contributed by atoms with Crippen LogP contribution in [0.2, 0.25) is 0 Å². The van der Waals surface area contributed by atoms with Crippen LogP contribution in [0.1, 0.15) is 30.0 Å². The van der Waals surface area contributed by atoms with Crippen molar-refractivity contribution in [2.75, 3.05) is 39.5 Å². The summed E-state index contributed by atoms with van der Waals surface area (Å²) in [5.41, 5.74) is 3.91. The first-order valence-corrected chi connectivity index (χ1v) is 10.9. The number of imidazole rings is 1. The number of ether oxygens (including phenoxy) is 2. The first-order chi connectivity index (χ1) is 14.6. The molecule has 3 heterocycles. The Balaban J connectivity index is 1.33. The number of aromatic nitrogens is 2. The Bertz CT molecular complexity index is 1070.